The van der Waals surface area contributed by atoms with E-state index in [1.165, 1.54) is 18.2 Å². The molecular weight excluding hydrogens is 206 g/mol. The van der Waals surface area contributed by atoms with Crippen LogP contribution in [0.2, 0.25) is 0 Å². The number of hydrogen-bond donors (Lipinski definition) is 1. The fourth-order valence-electron chi connectivity index (χ4n) is 1.24. The Labute approximate surface area is 83.2 Å². The molecule has 0 spiro atoms. The monoisotopic (exact) mass is 212 g/mol. The maximum atomic E-state index is 12.0. The van der Waals surface area contributed by atoms with E-state index in [9.17, 15) is 13.9 Å². The summed E-state index contributed by atoms with van der Waals surface area (Å²) in [6, 6.07) is 4.34. The molecule has 1 aromatic carbocycles. The number of halogens is 2. The molecule has 6 heteroatoms. The molecule has 0 saturated carbocycles. The van der Waals surface area contributed by atoms with Gasteiger partial charge < -0.3 is 9.84 Å². The Balaban J connectivity index is 2.61. The number of fused-ring (bicyclic) bond motifs is 1. The molecule has 0 fully saturated rings. The van der Waals surface area contributed by atoms with Gasteiger partial charge in [-0.1, -0.05) is 6.07 Å². The zero-order valence-corrected chi connectivity index (χ0v) is 7.39. The number of alkyl halides is 2. The Hall–Kier alpha value is -1.98. The standard InChI is InChI=1S/C9H6F2N2O2/c10-9(11)15-6-3-1-2-5-7(6)12-4-13-8(5)14/h1-4,9H,(H,12,13,14). The van der Waals surface area contributed by atoms with E-state index >= 15 is 0 Å². The Bertz CT molecular complexity index is 490. The summed E-state index contributed by atoms with van der Waals surface area (Å²) in [6.07, 6.45) is 1.08. The van der Waals surface area contributed by atoms with Gasteiger partial charge in [-0.25, -0.2) is 9.97 Å². The second kappa shape index (κ2) is 3.64. The van der Waals surface area contributed by atoms with E-state index in [1.54, 1.807) is 0 Å². The van der Waals surface area contributed by atoms with Gasteiger partial charge in [0, 0.05) is 0 Å². The van der Waals surface area contributed by atoms with Gasteiger partial charge in [-0.15, -0.1) is 0 Å². The van der Waals surface area contributed by atoms with E-state index in [1.807, 2.05) is 0 Å². The van der Waals surface area contributed by atoms with Crippen LogP contribution in [-0.2, 0) is 0 Å². The van der Waals surface area contributed by atoms with E-state index in [0.29, 0.717) is 0 Å². The predicted octanol–water partition coefficient (Wildman–Crippen LogP) is 1.94. The Morgan fingerprint density at radius 2 is 2.07 bits per heavy atom. The van der Waals surface area contributed by atoms with Crippen LogP contribution in [0.25, 0.3) is 10.9 Å². The highest BCUT2D eigenvalue weighted by atomic mass is 19.3. The molecule has 1 N–H and O–H groups in total. The summed E-state index contributed by atoms with van der Waals surface area (Å²) in [4.78, 5) is 7.29. The molecule has 2 rings (SSSR count). The third-order valence-electron chi connectivity index (χ3n) is 1.82. The molecule has 0 atom stereocenters. The molecule has 1 aromatic heterocycles. The normalized spacial score (nSPS) is 10.9. The largest absolute Gasteiger partial charge is 0.493 e. The van der Waals surface area contributed by atoms with Crippen LogP contribution in [0, 0.1) is 0 Å². The predicted molar refractivity (Wildman–Crippen MR) is 47.8 cm³/mol. The van der Waals surface area contributed by atoms with Crippen molar-refractivity contribution >= 4 is 10.9 Å². The van der Waals surface area contributed by atoms with Gasteiger partial charge in [0.1, 0.15) is 11.8 Å². The molecule has 1 heterocycles. The number of benzene rings is 1. The number of rotatable bonds is 2. The minimum absolute atomic E-state index is 0.0831. The highest BCUT2D eigenvalue weighted by molar-refractivity contribution is 5.87. The van der Waals surface area contributed by atoms with E-state index < -0.39 is 6.61 Å². The second-order valence-corrected chi connectivity index (χ2v) is 2.73. The van der Waals surface area contributed by atoms with Crippen LogP contribution in [0.4, 0.5) is 8.78 Å². The number of aromatic hydroxyl groups is 1. The van der Waals surface area contributed by atoms with E-state index in [0.717, 1.165) is 6.33 Å². The van der Waals surface area contributed by atoms with Crippen LogP contribution in [0.15, 0.2) is 24.5 Å². The molecule has 0 unspecified atom stereocenters. The molecule has 2 aromatic rings. The molecule has 0 aliphatic carbocycles. The maximum absolute atomic E-state index is 12.0. The number of ether oxygens (including phenoxy) is 1. The average molecular weight is 212 g/mol. The van der Waals surface area contributed by atoms with Crippen molar-refractivity contribution in [1.82, 2.24) is 9.97 Å². The summed E-state index contributed by atoms with van der Waals surface area (Å²) in [6.45, 7) is -2.92. The van der Waals surface area contributed by atoms with Crippen molar-refractivity contribution in [3.8, 4) is 11.6 Å². The van der Waals surface area contributed by atoms with Gasteiger partial charge >= 0.3 is 6.61 Å². The van der Waals surface area contributed by atoms with Crippen LogP contribution < -0.4 is 4.74 Å². The molecule has 0 amide bonds. The first-order valence-corrected chi connectivity index (χ1v) is 4.06. The van der Waals surface area contributed by atoms with Crippen molar-refractivity contribution in [3.05, 3.63) is 24.5 Å². The zero-order valence-electron chi connectivity index (χ0n) is 7.39. The van der Waals surface area contributed by atoms with Crippen molar-refractivity contribution in [2.45, 2.75) is 6.61 Å². The Morgan fingerprint density at radius 1 is 1.27 bits per heavy atom. The topological polar surface area (TPSA) is 55.2 Å². The fourth-order valence-corrected chi connectivity index (χ4v) is 1.24. The molecule has 0 bridgehead atoms. The summed E-state index contributed by atoms with van der Waals surface area (Å²) < 4.78 is 28.3. The number of nitrogens with zero attached hydrogens (tertiary/aromatic N) is 2. The quantitative estimate of drug-likeness (QED) is 0.826. The van der Waals surface area contributed by atoms with Crippen molar-refractivity contribution in [3.63, 3.8) is 0 Å². The molecule has 0 saturated heterocycles. The van der Waals surface area contributed by atoms with E-state index in [4.69, 9.17) is 0 Å². The van der Waals surface area contributed by atoms with Gasteiger partial charge in [0.2, 0.25) is 5.88 Å². The third-order valence-corrected chi connectivity index (χ3v) is 1.82. The van der Waals surface area contributed by atoms with Crippen LogP contribution in [0.3, 0.4) is 0 Å². The smallest absolute Gasteiger partial charge is 0.387 e. The minimum atomic E-state index is -2.92. The summed E-state index contributed by atoms with van der Waals surface area (Å²) in [5.41, 5.74) is 0.158. The molecule has 4 nitrogen and oxygen atoms in total. The Kier molecular flexibility index (Phi) is 2.32. The van der Waals surface area contributed by atoms with Crippen LogP contribution in [-0.4, -0.2) is 21.7 Å². The summed E-state index contributed by atoms with van der Waals surface area (Å²) in [5, 5.41) is 9.61. The van der Waals surface area contributed by atoms with Crippen molar-refractivity contribution in [2.75, 3.05) is 0 Å². The fraction of sp³-hybridized carbons (Fsp3) is 0.111. The Morgan fingerprint density at radius 3 is 2.80 bits per heavy atom. The summed E-state index contributed by atoms with van der Waals surface area (Å²) in [7, 11) is 0. The average Bonchev–Trinajstić information content (AvgIpc) is 2.19. The number of hydrogen-bond acceptors (Lipinski definition) is 4. The number of aromatic nitrogens is 2. The lowest BCUT2D eigenvalue weighted by atomic mass is 10.2. The van der Waals surface area contributed by atoms with Gasteiger partial charge in [0.15, 0.2) is 5.75 Å². The van der Waals surface area contributed by atoms with Crippen molar-refractivity contribution < 1.29 is 18.6 Å². The molecule has 0 aliphatic heterocycles. The maximum Gasteiger partial charge on any atom is 0.387 e. The first kappa shape index (κ1) is 9.57. The first-order valence-electron chi connectivity index (χ1n) is 4.06. The lowest BCUT2D eigenvalue weighted by Gasteiger charge is -2.06. The zero-order chi connectivity index (χ0) is 10.8. The molecular formula is C9H6F2N2O2. The van der Waals surface area contributed by atoms with Gasteiger partial charge in [0.25, 0.3) is 0 Å². The van der Waals surface area contributed by atoms with Crippen LogP contribution in [0.1, 0.15) is 0 Å². The molecule has 0 aliphatic rings. The lowest BCUT2D eigenvalue weighted by Crippen LogP contribution is -2.02. The minimum Gasteiger partial charge on any atom is -0.493 e. The summed E-state index contributed by atoms with van der Waals surface area (Å²) in [5.74, 6) is -0.347. The van der Waals surface area contributed by atoms with E-state index in [-0.39, 0.29) is 22.5 Å². The highest BCUT2D eigenvalue weighted by Gasteiger charge is 2.11. The van der Waals surface area contributed by atoms with Gasteiger partial charge in [-0.05, 0) is 12.1 Å². The molecule has 0 radical (unpaired) electrons. The van der Waals surface area contributed by atoms with Crippen LogP contribution >= 0.6 is 0 Å². The molecule has 78 valence electrons. The molecule has 15 heavy (non-hydrogen) atoms. The lowest BCUT2D eigenvalue weighted by molar-refractivity contribution is -0.0489. The second-order valence-electron chi connectivity index (χ2n) is 2.73. The summed E-state index contributed by atoms with van der Waals surface area (Å²) >= 11 is 0. The third kappa shape index (κ3) is 1.78. The van der Waals surface area contributed by atoms with Gasteiger partial charge in [0.05, 0.1) is 5.39 Å². The van der Waals surface area contributed by atoms with Crippen LogP contribution in [0.5, 0.6) is 11.6 Å². The van der Waals surface area contributed by atoms with Gasteiger partial charge in [-0.2, -0.15) is 8.78 Å². The van der Waals surface area contributed by atoms with Crippen molar-refractivity contribution in [1.29, 1.82) is 0 Å². The first-order chi connectivity index (χ1) is 7.18. The van der Waals surface area contributed by atoms with Crippen molar-refractivity contribution in [2.24, 2.45) is 0 Å². The van der Waals surface area contributed by atoms with E-state index in [2.05, 4.69) is 14.7 Å². The SMILES string of the molecule is Oc1ncnc2c(OC(F)F)cccc12. The highest BCUT2D eigenvalue weighted by Crippen LogP contribution is 2.28. The van der Waals surface area contributed by atoms with Gasteiger partial charge in [-0.3, -0.25) is 0 Å². The number of para-hydroxylation sites is 1.